The third-order valence-corrected chi connectivity index (χ3v) is 4.93. The van der Waals surface area contributed by atoms with Gasteiger partial charge in [-0.2, -0.15) is 0 Å². The largest absolute Gasteiger partial charge is 0.383 e. The van der Waals surface area contributed by atoms with Crippen molar-refractivity contribution in [2.45, 2.75) is 17.9 Å². The van der Waals surface area contributed by atoms with E-state index in [9.17, 15) is 13.2 Å². The minimum atomic E-state index is -3.90. The van der Waals surface area contributed by atoms with E-state index < -0.39 is 21.5 Å². The maximum absolute atomic E-state index is 12.2. The Morgan fingerprint density at radius 3 is 2.40 bits per heavy atom. The summed E-state index contributed by atoms with van der Waals surface area (Å²) in [5.74, 6) is -1.35. The van der Waals surface area contributed by atoms with Crippen molar-refractivity contribution in [1.29, 1.82) is 0 Å². The van der Waals surface area contributed by atoms with Gasteiger partial charge in [-0.1, -0.05) is 29.3 Å². The van der Waals surface area contributed by atoms with Crippen molar-refractivity contribution in [3.8, 4) is 0 Å². The van der Waals surface area contributed by atoms with Crippen LogP contribution in [-0.2, 0) is 19.4 Å². The molecule has 20 heavy (non-hydrogen) atoms. The molecule has 1 atom stereocenters. The molecule has 0 bridgehead atoms. The monoisotopic (exact) mass is 339 g/mol. The molecule has 1 amide bonds. The van der Waals surface area contributed by atoms with Gasteiger partial charge < -0.3 is 10.1 Å². The normalized spacial score (nSPS) is 13.0. The summed E-state index contributed by atoms with van der Waals surface area (Å²) >= 11 is 11.7. The predicted octanol–water partition coefficient (Wildman–Crippen LogP) is 1.92. The van der Waals surface area contributed by atoms with Crippen molar-refractivity contribution < 1.29 is 17.9 Å². The van der Waals surface area contributed by atoms with Gasteiger partial charge in [-0.05, 0) is 19.1 Å². The van der Waals surface area contributed by atoms with E-state index in [2.05, 4.69) is 5.32 Å². The molecule has 0 spiro atoms. The van der Waals surface area contributed by atoms with E-state index in [4.69, 9.17) is 27.9 Å². The summed E-state index contributed by atoms with van der Waals surface area (Å²) in [5.41, 5.74) is 0. The fourth-order valence-electron chi connectivity index (χ4n) is 1.63. The number of sulfone groups is 1. The third-order valence-electron chi connectivity index (χ3n) is 2.38. The molecule has 112 valence electrons. The maximum Gasteiger partial charge on any atom is 0.235 e. The quantitative estimate of drug-likeness (QED) is 0.859. The van der Waals surface area contributed by atoms with Gasteiger partial charge in [-0.15, -0.1) is 0 Å². The summed E-state index contributed by atoms with van der Waals surface area (Å²) in [4.78, 5) is 11.5. The van der Waals surface area contributed by atoms with E-state index in [1.54, 1.807) is 6.92 Å². The Morgan fingerprint density at radius 2 is 1.90 bits per heavy atom. The number of hydrogen-bond donors (Lipinski definition) is 1. The van der Waals surface area contributed by atoms with Crippen molar-refractivity contribution in [1.82, 2.24) is 5.32 Å². The first-order valence-corrected chi connectivity index (χ1v) is 8.14. The van der Waals surface area contributed by atoms with E-state index in [-0.39, 0.29) is 21.0 Å². The number of amides is 1. The highest BCUT2D eigenvalue weighted by molar-refractivity contribution is 7.92. The molecule has 0 aliphatic heterocycles. The number of carbonyl (C=O) groups excluding carboxylic acids is 1. The van der Waals surface area contributed by atoms with Crippen LogP contribution in [0.3, 0.4) is 0 Å². The van der Waals surface area contributed by atoms with Gasteiger partial charge in [0.05, 0.1) is 16.7 Å². The van der Waals surface area contributed by atoms with Crippen molar-refractivity contribution in [3.63, 3.8) is 0 Å². The molecule has 1 aromatic carbocycles. The van der Waals surface area contributed by atoms with Crippen molar-refractivity contribution in [2.24, 2.45) is 0 Å². The van der Waals surface area contributed by atoms with E-state index in [0.717, 1.165) is 0 Å². The van der Waals surface area contributed by atoms with Crippen LogP contribution in [-0.4, -0.2) is 39.8 Å². The molecule has 0 heterocycles. The van der Waals surface area contributed by atoms with Gasteiger partial charge in [0.25, 0.3) is 0 Å². The molecule has 0 aliphatic rings. The molecular formula is C12H15Cl2NO4S. The highest BCUT2D eigenvalue weighted by Gasteiger charge is 2.25. The molecule has 1 aromatic rings. The second kappa shape index (κ2) is 7.26. The molecule has 8 heteroatoms. The smallest absolute Gasteiger partial charge is 0.235 e. The van der Waals surface area contributed by atoms with Gasteiger partial charge in [-0.3, -0.25) is 4.79 Å². The Kier molecular flexibility index (Phi) is 6.26. The second-order valence-electron chi connectivity index (χ2n) is 4.23. The summed E-state index contributed by atoms with van der Waals surface area (Å²) in [7, 11) is -2.41. The molecule has 0 aromatic heterocycles. The highest BCUT2D eigenvalue weighted by atomic mass is 35.5. The molecule has 0 radical (unpaired) electrons. The first-order chi connectivity index (χ1) is 9.27. The van der Waals surface area contributed by atoms with Gasteiger partial charge in [0.1, 0.15) is 10.6 Å². The van der Waals surface area contributed by atoms with E-state index >= 15 is 0 Å². The van der Waals surface area contributed by atoms with Crippen LogP contribution in [0.2, 0.25) is 10.0 Å². The molecule has 0 saturated heterocycles. The van der Waals surface area contributed by atoms with Gasteiger partial charge in [0, 0.05) is 13.2 Å². The van der Waals surface area contributed by atoms with Crippen LogP contribution in [0.15, 0.2) is 23.1 Å². The Labute approximate surface area is 128 Å². The lowest BCUT2D eigenvalue weighted by molar-refractivity contribution is -0.119. The number of ether oxygens (including phenoxy) is 1. The highest BCUT2D eigenvalue weighted by Crippen LogP contribution is 2.29. The second-order valence-corrected chi connectivity index (χ2v) is 6.97. The summed E-state index contributed by atoms with van der Waals surface area (Å²) in [6.07, 6.45) is 0. The zero-order valence-electron chi connectivity index (χ0n) is 11.0. The maximum atomic E-state index is 12.2. The van der Waals surface area contributed by atoms with Crippen LogP contribution < -0.4 is 5.32 Å². The number of benzene rings is 1. The van der Waals surface area contributed by atoms with Gasteiger partial charge in [0.15, 0.2) is 9.84 Å². The Bertz CT molecular complexity index is 569. The summed E-state index contributed by atoms with van der Waals surface area (Å²) in [6.45, 7) is 2.00. The van der Waals surface area contributed by atoms with Crippen molar-refractivity contribution in [3.05, 3.63) is 28.2 Å². The van der Waals surface area contributed by atoms with Crippen molar-refractivity contribution >= 4 is 38.9 Å². The standard InChI is InChI=1S/C12H15Cl2NO4S/c1-8(6-19-2)15-11(16)7-20(17,18)12-9(13)4-3-5-10(12)14/h3-5,8H,6-7H2,1-2H3,(H,15,16). The minimum absolute atomic E-state index is 0.00441. The molecule has 0 fully saturated rings. The lowest BCUT2D eigenvalue weighted by Gasteiger charge is -2.13. The SMILES string of the molecule is COCC(C)NC(=O)CS(=O)(=O)c1c(Cl)cccc1Cl. The summed E-state index contributed by atoms with van der Waals surface area (Å²) in [6, 6.07) is 4.06. The third kappa shape index (κ3) is 4.63. The molecule has 0 aliphatic carbocycles. The fraction of sp³-hybridized carbons (Fsp3) is 0.417. The number of rotatable bonds is 6. The summed E-state index contributed by atoms with van der Waals surface area (Å²) in [5, 5.41) is 2.51. The number of nitrogens with one attached hydrogen (secondary N) is 1. The Hall–Kier alpha value is -0.820. The van der Waals surface area contributed by atoms with Crippen molar-refractivity contribution in [2.75, 3.05) is 19.5 Å². The predicted molar refractivity (Wildman–Crippen MR) is 78.0 cm³/mol. The molecule has 0 saturated carbocycles. The molecule has 5 nitrogen and oxygen atoms in total. The van der Waals surface area contributed by atoms with Gasteiger partial charge in [0.2, 0.25) is 5.91 Å². The van der Waals surface area contributed by atoms with Crippen LogP contribution in [0.1, 0.15) is 6.92 Å². The summed E-state index contributed by atoms with van der Waals surface area (Å²) < 4.78 is 29.2. The van der Waals surface area contributed by atoms with E-state index in [1.807, 2.05) is 0 Å². The van der Waals surface area contributed by atoms with E-state index in [0.29, 0.717) is 6.61 Å². The van der Waals surface area contributed by atoms with Crippen LogP contribution >= 0.6 is 23.2 Å². The lowest BCUT2D eigenvalue weighted by Crippen LogP contribution is -2.39. The average Bonchev–Trinajstić information content (AvgIpc) is 2.26. The molecular weight excluding hydrogens is 325 g/mol. The number of hydrogen-bond acceptors (Lipinski definition) is 4. The minimum Gasteiger partial charge on any atom is -0.383 e. The topological polar surface area (TPSA) is 72.5 Å². The first kappa shape index (κ1) is 17.2. The fourth-order valence-corrected chi connectivity index (χ4v) is 4.04. The number of halogens is 2. The Balaban J connectivity index is 2.88. The van der Waals surface area contributed by atoms with Gasteiger partial charge >= 0.3 is 0 Å². The van der Waals surface area contributed by atoms with Crippen LogP contribution in [0.5, 0.6) is 0 Å². The Morgan fingerprint density at radius 1 is 1.35 bits per heavy atom. The lowest BCUT2D eigenvalue weighted by atomic mass is 10.3. The van der Waals surface area contributed by atoms with Crippen LogP contribution in [0, 0.1) is 0 Å². The average molecular weight is 340 g/mol. The molecule has 1 N–H and O–H groups in total. The zero-order chi connectivity index (χ0) is 15.3. The molecule has 1 rings (SSSR count). The molecule has 1 unspecified atom stereocenters. The number of methoxy groups -OCH3 is 1. The van der Waals surface area contributed by atoms with Gasteiger partial charge in [-0.25, -0.2) is 8.42 Å². The van der Waals surface area contributed by atoms with Crippen LogP contribution in [0.4, 0.5) is 0 Å². The van der Waals surface area contributed by atoms with Crippen LogP contribution in [0.25, 0.3) is 0 Å². The zero-order valence-corrected chi connectivity index (χ0v) is 13.3. The number of carbonyl (C=O) groups is 1. The van der Waals surface area contributed by atoms with E-state index in [1.165, 1.54) is 25.3 Å². The first-order valence-electron chi connectivity index (χ1n) is 5.73.